The van der Waals surface area contributed by atoms with Gasteiger partial charge >= 0.3 is 0 Å². The number of aromatic nitrogens is 2. The highest BCUT2D eigenvalue weighted by Crippen LogP contribution is 2.17. The monoisotopic (exact) mass is 292 g/mol. The lowest BCUT2D eigenvalue weighted by atomic mass is 9.99. The molecule has 1 aliphatic heterocycles. The number of aromatic amines is 1. The molecule has 0 bridgehead atoms. The number of nitrogens with one attached hydrogen (secondary N) is 2. The molecule has 2 heterocycles. The van der Waals surface area contributed by atoms with Crippen molar-refractivity contribution in [1.29, 1.82) is 0 Å². The minimum atomic E-state index is -0.391. The Bertz CT molecular complexity index is 510. The third-order valence-electron chi connectivity index (χ3n) is 3.66. The first-order valence-corrected chi connectivity index (χ1v) is 7.65. The van der Waals surface area contributed by atoms with Crippen LogP contribution in [0.3, 0.4) is 0 Å². The highest BCUT2D eigenvalue weighted by molar-refractivity contribution is 5.96. The van der Waals surface area contributed by atoms with Crippen LogP contribution >= 0.6 is 0 Å². The van der Waals surface area contributed by atoms with Crippen LogP contribution < -0.4 is 5.32 Å². The van der Waals surface area contributed by atoms with Gasteiger partial charge in [-0.05, 0) is 24.8 Å². The maximum Gasteiger partial charge on any atom is 0.275 e. The number of aryl methyl sites for hydroxylation is 1. The van der Waals surface area contributed by atoms with Crippen LogP contribution in [0.5, 0.6) is 0 Å². The molecule has 2 N–H and O–H groups in total. The van der Waals surface area contributed by atoms with Crippen molar-refractivity contribution in [3.05, 3.63) is 17.5 Å². The predicted molar refractivity (Wildman–Crippen MR) is 79.9 cm³/mol. The largest absolute Gasteiger partial charge is 0.353 e. The lowest BCUT2D eigenvalue weighted by Gasteiger charge is -2.35. The Labute approximate surface area is 125 Å². The van der Waals surface area contributed by atoms with E-state index in [4.69, 9.17) is 0 Å². The second-order valence-electron chi connectivity index (χ2n) is 5.96. The van der Waals surface area contributed by atoms with Crippen LogP contribution in [0.1, 0.15) is 49.8 Å². The number of H-pyrrole nitrogens is 1. The molecule has 0 radical (unpaired) electrons. The summed E-state index contributed by atoms with van der Waals surface area (Å²) in [5.41, 5.74) is 1.37. The smallest absolute Gasteiger partial charge is 0.275 e. The minimum Gasteiger partial charge on any atom is -0.353 e. The van der Waals surface area contributed by atoms with Gasteiger partial charge in [0.05, 0.1) is 0 Å². The van der Waals surface area contributed by atoms with Gasteiger partial charge in [0.15, 0.2) is 0 Å². The SMILES string of the molecule is CCCc1cc(C(=O)N2CCNC(=O)C2CC(C)C)n[nH]1. The Morgan fingerprint density at radius 2 is 2.29 bits per heavy atom. The summed E-state index contributed by atoms with van der Waals surface area (Å²) in [5.74, 6) is 0.130. The standard InChI is InChI=1S/C15H24N4O2/c1-4-5-11-9-12(18-17-11)15(21)19-7-6-16-14(20)13(19)8-10(2)3/h9-10,13H,4-8H2,1-3H3,(H,16,20)(H,17,18). The molecule has 1 unspecified atom stereocenters. The van der Waals surface area contributed by atoms with Gasteiger partial charge in [-0.25, -0.2) is 0 Å². The summed E-state index contributed by atoms with van der Waals surface area (Å²) >= 11 is 0. The van der Waals surface area contributed by atoms with Crippen LogP contribution in [0.15, 0.2) is 6.07 Å². The van der Waals surface area contributed by atoms with Crippen LogP contribution in [0.25, 0.3) is 0 Å². The van der Waals surface area contributed by atoms with Gasteiger partial charge < -0.3 is 10.2 Å². The van der Waals surface area contributed by atoms with Crippen LogP contribution in [-0.2, 0) is 11.2 Å². The fourth-order valence-electron chi connectivity index (χ4n) is 2.65. The fourth-order valence-corrected chi connectivity index (χ4v) is 2.65. The summed E-state index contributed by atoms with van der Waals surface area (Å²) in [5, 5.41) is 9.83. The van der Waals surface area contributed by atoms with Crippen molar-refractivity contribution < 1.29 is 9.59 Å². The summed E-state index contributed by atoms with van der Waals surface area (Å²) in [6.45, 7) is 7.23. The number of hydrogen-bond acceptors (Lipinski definition) is 3. The van der Waals surface area contributed by atoms with Gasteiger partial charge in [-0.15, -0.1) is 0 Å². The van der Waals surface area contributed by atoms with E-state index in [2.05, 4.69) is 36.3 Å². The van der Waals surface area contributed by atoms with E-state index in [1.54, 1.807) is 11.0 Å². The minimum absolute atomic E-state index is 0.0624. The third kappa shape index (κ3) is 3.62. The molecule has 21 heavy (non-hydrogen) atoms. The van der Waals surface area contributed by atoms with Gasteiger partial charge in [0.2, 0.25) is 5.91 Å². The molecule has 1 saturated heterocycles. The molecule has 1 aromatic rings. The number of amides is 2. The van der Waals surface area contributed by atoms with Gasteiger partial charge in [-0.1, -0.05) is 27.2 Å². The number of piperazine rings is 1. The third-order valence-corrected chi connectivity index (χ3v) is 3.66. The average molecular weight is 292 g/mol. The molecule has 6 heteroatoms. The quantitative estimate of drug-likeness (QED) is 0.860. The number of rotatable bonds is 5. The van der Waals surface area contributed by atoms with E-state index in [1.807, 2.05) is 0 Å². The average Bonchev–Trinajstić information content (AvgIpc) is 2.89. The molecular weight excluding hydrogens is 268 g/mol. The van der Waals surface area contributed by atoms with Crippen LogP contribution in [0, 0.1) is 5.92 Å². The summed E-state index contributed by atoms with van der Waals surface area (Å²) in [4.78, 5) is 26.3. The van der Waals surface area contributed by atoms with E-state index >= 15 is 0 Å². The zero-order valence-electron chi connectivity index (χ0n) is 13.0. The molecule has 2 rings (SSSR count). The highest BCUT2D eigenvalue weighted by atomic mass is 16.2. The van der Waals surface area contributed by atoms with E-state index in [1.165, 1.54) is 0 Å². The zero-order valence-corrected chi connectivity index (χ0v) is 13.0. The molecule has 2 amide bonds. The van der Waals surface area contributed by atoms with Crippen LogP contribution in [0.2, 0.25) is 0 Å². The molecule has 1 aromatic heterocycles. The molecular formula is C15H24N4O2. The van der Waals surface area contributed by atoms with Crippen molar-refractivity contribution in [2.24, 2.45) is 5.92 Å². The topological polar surface area (TPSA) is 78.1 Å². The molecule has 116 valence electrons. The first-order chi connectivity index (χ1) is 10.0. The van der Waals surface area contributed by atoms with E-state index in [0.29, 0.717) is 31.1 Å². The number of hydrogen-bond donors (Lipinski definition) is 2. The molecule has 0 aromatic carbocycles. The Morgan fingerprint density at radius 1 is 1.52 bits per heavy atom. The van der Waals surface area contributed by atoms with Crippen molar-refractivity contribution >= 4 is 11.8 Å². The van der Waals surface area contributed by atoms with Gasteiger partial charge in [-0.3, -0.25) is 14.7 Å². The summed E-state index contributed by atoms with van der Waals surface area (Å²) < 4.78 is 0. The Morgan fingerprint density at radius 3 is 2.95 bits per heavy atom. The van der Waals surface area contributed by atoms with Crippen molar-refractivity contribution in [3.8, 4) is 0 Å². The van der Waals surface area contributed by atoms with E-state index in [0.717, 1.165) is 18.5 Å². The molecule has 0 aliphatic carbocycles. The Balaban J connectivity index is 2.15. The van der Waals surface area contributed by atoms with Gasteiger partial charge in [0.25, 0.3) is 5.91 Å². The maximum absolute atomic E-state index is 12.6. The van der Waals surface area contributed by atoms with Crippen molar-refractivity contribution in [3.63, 3.8) is 0 Å². The molecule has 1 aliphatic rings. The first-order valence-electron chi connectivity index (χ1n) is 7.65. The van der Waals surface area contributed by atoms with Crippen molar-refractivity contribution in [1.82, 2.24) is 20.4 Å². The van der Waals surface area contributed by atoms with Gasteiger partial charge in [-0.2, -0.15) is 5.10 Å². The van der Waals surface area contributed by atoms with Crippen LogP contribution in [-0.4, -0.2) is 46.0 Å². The Kier molecular flexibility index (Phi) is 4.98. The lowest BCUT2D eigenvalue weighted by molar-refractivity contribution is -0.128. The normalized spacial score (nSPS) is 19.0. The van der Waals surface area contributed by atoms with Gasteiger partial charge in [0.1, 0.15) is 11.7 Å². The highest BCUT2D eigenvalue weighted by Gasteiger charge is 2.34. The first kappa shape index (κ1) is 15.5. The maximum atomic E-state index is 12.6. The van der Waals surface area contributed by atoms with E-state index < -0.39 is 6.04 Å². The molecule has 1 fully saturated rings. The molecule has 1 atom stereocenters. The summed E-state index contributed by atoms with van der Waals surface area (Å²) in [6, 6.07) is 1.41. The predicted octanol–water partition coefficient (Wildman–Crippen LogP) is 1.35. The lowest BCUT2D eigenvalue weighted by Crippen LogP contribution is -2.57. The second-order valence-corrected chi connectivity index (χ2v) is 5.96. The fraction of sp³-hybridized carbons (Fsp3) is 0.667. The van der Waals surface area contributed by atoms with Crippen molar-refractivity contribution in [2.75, 3.05) is 13.1 Å². The number of nitrogens with zero attached hydrogens (tertiary/aromatic N) is 2. The van der Waals surface area contributed by atoms with Crippen molar-refractivity contribution in [2.45, 2.75) is 46.1 Å². The number of carbonyl (C=O) groups is 2. The molecule has 0 saturated carbocycles. The van der Waals surface area contributed by atoms with Gasteiger partial charge in [0, 0.05) is 18.8 Å². The summed E-state index contributed by atoms with van der Waals surface area (Å²) in [7, 11) is 0. The summed E-state index contributed by atoms with van der Waals surface area (Å²) in [6.07, 6.45) is 2.54. The molecule has 0 spiro atoms. The van der Waals surface area contributed by atoms with Crippen LogP contribution in [0.4, 0.5) is 0 Å². The zero-order chi connectivity index (χ0) is 15.4. The second kappa shape index (κ2) is 6.74. The number of carbonyl (C=O) groups excluding carboxylic acids is 2. The Hall–Kier alpha value is -1.85. The van der Waals surface area contributed by atoms with E-state index in [9.17, 15) is 9.59 Å². The van der Waals surface area contributed by atoms with E-state index in [-0.39, 0.29) is 11.8 Å². The molecule has 6 nitrogen and oxygen atoms in total.